The molecule has 0 aliphatic carbocycles. The van der Waals surface area contributed by atoms with Crippen molar-refractivity contribution in [3.63, 3.8) is 0 Å². The van der Waals surface area contributed by atoms with E-state index in [4.69, 9.17) is 0 Å². The fraction of sp³-hybridized carbons (Fsp3) is 0.375. The van der Waals surface area contributed by atoms with Crippen LogP contribution in [0.1, 0.15) is 11.1 Å². The maximum absolute atomic E-state index is 13.8. The average molecular weight is 467 g/mol. The maximum Gasteiger partial charge on any atom is 0.460 e. The van der Waals surface area contributed by atoms with Crippen LogP contribution in [0, 0.1) is 0 Å². The molecule has 14 heteroatoms. The van der Waals surface area contributed by atoms with Gasteiger partial charge in [-0.05, 0) is 21.9 Å². The van der Waals surface area contributed by atoms with Gasteiger partial charge in [-0.3, -0.25) is 0 Å². The lowest BCUT2D eigenvalue weighted by Gasteiger charge is -2.34. The molecular formula is C16H10F9NO3S. The van der Waals surface area contributed by atoms with Crippen molar-refractivity contribution in [1.29, 1.82) is 0 Å². The summed E-state index contributed by atoms with van der Waals surface area (Å²) in [6.45, 7) is -1.07. The lowest BCUT2D eigenvalue weighted by Crippen LogP contribution is -2.63. The van der Waals surface area contributed by atoms with E-state index >= 15 is 0 Å². The van der Waals surface area contributed by atoms with Gasteiger partial charge in [-0.1, -0.05) is 36.4 Å². The van der Waals surface area contributed by atoms with E-state index < -0.39 is 46.5 Å². The molecule has 0 radical (unpaired) electrons. The van der Waals surface area contributed by atoms with Crippen LogP contribution in [0.5, 0.6) is 0 Å². The van der Waals surface area contributed by atoms with Crippen molar-refractivity contribution in [2.75, 3.05) is 0 Å². The number of halogens is 9. The van der Waals surface area contributed by atoms with Crippen LogP contribution >= 0.6 is 0 Å². The summed E-state index contributed by atoms with van der Waals surface area (Å²) in [6, 6.07) is 9.29. The third-order valence-corrected chi connectivity index (χ3v) is 5.70. The Kier molecular flexibility index (Phi) is 5.07. The number of hydrogen-bond donors (Lipinski definition) is 0. The van der Waals surface area contributed by atoms with Gasteiger partial charge in [-0.25, -0.2) is 0 Å². The summed E-state index contributed by atoms with van der Waals surface area (Å²) in [5.41, 5.74) is 0.667. The fourth-order valence-electron chi connectivity index (χ4n) is 2.96. The summed E-state index contributed by atoms with van der Waals surface area (Å²) >= 11 is 0. The molecule has 0 saturated carbocycles. The maximum atomic E-state index is 13.8. The van der Waals surface area contributed by atoms with E-state index in [1.165, 1.54) is 24.3 Å². The van der Waals surface area contributed by atoms with E-state index in [1.807, 2.05) is 0 Å². The standard InChI is InChI=1S/C16H10F9NO3S/c17-13(18,15(21,22)23)14(19,20)16(24,25)30(27,28)29-26-7-10-5-1-3-9-4-2-6-11(8-26)12(9)10/h1-6H,7-8H2. The zero-order valence-electron chi connectivity index (χ0n) is 14.4. The first-order valence-corrected chi connectivity index (χ1v) is 9.32. The molecule has 166 valence electrons. The topological polar surface area (TPSA) is 46.6 Å². The Morgan fingerprint density at radius 2 is 1.23 bits per heavy atom. The first kappa shape index (κ1) is 22.6. The molecule has 1 aliphatic heterocycles. The highest BCUT2D eigenvalue weighted by molar-refractivity contribution is 7.87. The first-order valence-electron chi connectivity index (χ1n) is 7.92. The minimum absolute atomic E-state index is 0.252. The molecule has 2 aromatic carbocycles. The molecular weight excluding hydrogens is 457 g/mol. The van der Waals surface area contributed by atoms with E-state index in [9.17, 15) is 47.9 Å². The quantitative estimate of drug-likeness (QED) is 0.591. The highest BCUT2D eigenvalue weighted by Crippen LogP contribution is 2.55. The Morgan fingerprint density at radius 3 is 1.67 bits per heavy atom. The molecule has 3 rings (SSSR count). The molecule has 2 aromatic rings. The third-order valence-electron chi connectivity index (χ3n) is 4.40. The van der Waals surface area contributed by atoms with Crippen molar-refractivity contribution < 1.29 is 52.2 Å². The van der Waals surface area contributed by atoms with Crippen LogP contribution in [0.25, 0.3) is 10.8 Å². The zero-order valence-corrected chi connectivity index (χ0v) is 15.2. The van der Waals surface area contributed by atoms with Gasteiger partial charge in [0, 0.05) is 0 Å². The highest BCUT2D eigenvalue weighted by atomic mass is 32.2. The number of nitrogens with zero attached hydrogens (tertiary/aromatic N) is 1. The van der Waals surface area contributed by atoms with Crippen LogP contribution in [-0.2, 0) is 27.5 Å². The van der Waals surface area contributed by atoms with Gasteiger partial charge in [-0.2, -0.15) is 57.3 Å². The van der Waals surface area contributed by atoms with Gasteiger partial charge in [0.1, 0.15) is 0 Å². The molecule has 0 bridgehead atoms. The third kappa shape index (κ3) is 3.21. The smallest absolute Gasteiger partial charge is 0.191 e. The van der Waals surface area contributed by atoms with Crippen LogP contribution < -0.4 is 0 Å². The molecule has 4 nitrogen and oxygen atoms in total. The van der Waals surface area contributed by atoms with Crippen LogP contribution in [0.4, 0.5) is 39.5 Å². The predicted octanol–water partition coefficient (Wildman–Crippen LogP) is 4.84. The Labute approximate surface area is 162 Å². The highest BCUT2D eigenvalue weighted by Gasteiger charge is 2.86. The summed E-state index contributed by atoms with van der Waals surface area (Å²) < 4.78 is 144. The summed E-state index contributed by atoms with van der Waals surface area (Å²) in [5.74, 6) is -14.7. The molecule has 0 saturated heterocycles. The Hall–Kier alpha value is -2.06. The molecule has 0 atom stereocenters. The molecule has 0 unspecified atom stereocenters. The lowest BCUT2D eigenvalue weighted by atomic mass is 9.96. The number of benzene rings is 2. The number of hydroxylamine groups is 2. The van der Waals surface area contributed by atoms with Crippen molar-refractivity contribution in [3.05, 3.63) is 47.5 Å². The van der Waals surface area contributed by atoms with Gasteiger partial charge in [0.25, 0.3) is 0 Å². The van der Waals surface area contributed by atoms with E-state index in [0.717, 1.165) is 0 Å². The van der Waals surface area contributed by atoms with Crippen LogP contribution in [0.2, 0.25) is 0 Å². The minimum Gasteiger partial charge on any atom is -0.191 e. The Bertz CT molecular complexity index is 1040. The van der Waals surface area contributed by atoms with Crippen molar-refractivity contribution in [1.82, 2.24) is 5.06 Å². The normalized spacial score (nSPS) is 16.8. The van der Waals surface area contributed by atoms with Crippen molar-refractivity contribution >= 4 is 20.9 Å². The average Bonchev–Trinajstić information content (AvgIpc) is 2.60. The van der Waals surface area contributed by atoms with E-state index in [0.29, 0.717) is 21.9 Å². The molecule has 0 fully saturated rings. The molecule has 1 aliphatic rings. The number of alkyl halides is 9. The van der Waals surface area contributed by atoms with Gasteiger partial charge in [0.05, 0.1) is 13.1 Å². The summed E-state index contributed by atoms with van der Waals surface area (Å²) in [6.07, 6.45) is -7.14. The summed E-state index contributed by atoms with van der Waals surface area (Å²) in [7, 11) is -6.97. The second kappa shape index (κ2) is 6.72. The van der Waals surface area contributed by atoms with E-state index in [1.54, 1.807) is 12.1 Å². The minimum atomic E-state index is -7.35. The number of rotatable bonds is 5. The zero-order chi connectivity index (χ0) is 22.8. The molecule has 0 spiro atoms. The molecule has 0 amide bonds. The fourth-order valence-corrected chi connectivity index (χ4v) is 3.88. The largest absolute Gasteiger partial charge is 0.460 e. The van der Waals surface area contributed by atoms with Crippen molar-refractivity contribution in [3.8, 4) is 0 Å². The van der Waals surface area contributed by atoms with Crippen LogP contribution in [0.3, 0.4) is 0 Å². The van der Waals surface area contributed by atoms with Crippen molar-refractivity contribution in [2.24, 2.45) is 0 Å². The van der Waals surface area contributed by atoms with E-state index in [2.05, 4.69) is 4.28 Å². The van der Waals surface area contributed by atoms with Crippen molar-refractivity contribution in [2.45, 2.75) is 36.4 Å². The molecule has 1 heterocycles. The Balaban J connectivity index is 1.93. The lowest BCUT2D eigenvalue weighted by molar-refractivity contribution is -0.383. The predicted molar refractivity (Wildman–Crippen MR) is 84.1 cm³/mol. The first-order chi connectivity index (χ1) is 13.5. The monoisotopic (exact) mass is 467 g/mol. The van der Waals surface area contributed by atoms with E-state index in [-0.39, 0.29) is 5.06 Å². The SMILES string of the molecule is O=S(=O)(ON1Cc2cccc3cccc(c23)C1)C(F)(F)C(F)(F)C(F)(F)C(F)(F)F. The second-order valence-corrected chi connectivity index (χ2v) is 7.99. The van der Waals surface area contributed by atoms with Gasteiger partial charge in [0.2, 0.25) is 0 Å². The number of hydrogen-bond acceptors (Lipinski definition) is 4. The van der Waals surface area contributed by atoms with Gasteiger partial charge < -0.3 is 0 Å². The molecule has 0 N–H and O–H groups in total. The van der Waals surface area contributed by atoms with Gasteiger partial charge in [0.15, 0.2) is 0 Å². The van der Waals surface area contributed by atoms with Crippen LogP contribution in [-0.4, -0.2) is 36.8 Å². The molecule has 30 heavy (non-hydrogen) atoms. The van der Waals surface area contributed by atoms with Crippen LogP contribution in [0.15, 0.2) is 36.4 Å². The van der Waals surface area contributed by atoms with Gasteiger partial charge in [-0.15, -0.1) is 0 Å². The second-order valence-electron chi connectivity index (χ2n) is 6.42. The van der Waals surface area contributed by atoms with Gasteiger partial charge >= 0.3 is 33.4 Å². The Morgan fingerprint density at radius 1 is 0.767 bits per heavy atom. The summed E-state index contributed by atoms with van der Waals surface area (Å²) in [4.78, 5) is 0. The molecule has 0 aromatic heterocycles. The summed E-state index contributed by atoms with van der Waals surface area (Å²) in [5, 5.41) is -5.35.